The fourth-order valence-corrected chi connectivity index (χ4v) is 12.0. The predicted molar refractivity (Wildman–Crippen MR) is 310 cm³/mol. The first-order chi connectivity index (χ1) is 33.3. The van der Waals surface area contributed by atoms with Crippen molar-refractivity contribution >= 4 is 37.9 Å². The monoisotopic (exact) mass is 954 g/mol. The van der Waals surface area contributed by atoms with Crippen molar-refractivity contribution in [2.45, 2.75) is 125 Å². The molecule has 0 aliphatic carbocycles. The van der Waals surface area contributed by atoms with Gasteiger partial charge >= 0.3 is 0 Å². The third-order valence-electron chi connectivity index (χ3n) is 14.1. The van der Waals surface area contributed by atoms with Gasteiger partial charge in [0.25, 0.3) is 0 Å². The number of anilines is 2. The van der Waals surface area contributed by atoms with Crippen LogP contribution >= 0.6 is 0 Å². The van der Waals surface area contributed by atoms with Crippen molar-refractivity contribution in [1.82, 2.24) is 9.97 Å². The summed E-state index contributed by atoms with van der Waals surface area (Å²) in [5.74, 6) is 1.33. The van der Waals surface area contributed by atoms with Crippen molar-refractivity contribution in [3.8, 4) is 55.9 Å². The second kappa shape index (κ2) is 20.7. The third kappa shape index (κ3) is 10.9. The van der Waals surface area contributed by atoms with Crippen LogP contribution in [0.2, 0.25) is 39.3 Å². The van der Waals surface area contributed by atoms with E-state index in [9.17, 15) is 0 Å². The molecule has 5 heteroatoms. The lowest BCUT2D eigenvalue weighted by Crippen LogP contribution is -2.37. The van der Waals surface area contributed by atoms with Gasteiger partial charge in [-0.1, -0.05) is 198 Å². The van der Waals surface area contributed by atoms with Crippen molar-refractivity contribution < 1.29 is 0 Å². The molecule has 0 atom stereocenters. The molecule has 0 N–H and O–H groups in total. The van der Waals surface area contributed by atoms with Gasteiger partial charge in [-0.05, 0) is 144 Å². The molecule has 0 saturated carbocycles. The maximum atomic E-state index is 5.27. The quantitative estimate of drug-likeness (QED) is 0.0959. The average Bonchev–Trinajstić information content (AvgIpc) is 3.34. The van der Waals surface area contributed by atoms with E-state index in [0.29, 0.717) is 30.2 Å². The van der Waals surface area contributed by atoms with Gasteiger partial charge in [0.05, 0.1) is 27.5 Å². The number of rotatable bonds is 15. The topological polar surface area (TPSA) is 29.0 Å². The van der Waals surface area contributed by atoms with E-state index in [0.717, 1.165) is 33.9 Å². The summed E-state index contributed by atoms with van der Waals surface area (Å²) in [6.07, 6.45) is 4.27. The van der Waals surface area contributed by atoms with Gasteiger partial charge in [-0.2, -0.15) is 0 Å². The van der Waals surface area contributed by atoms with Crippen LogP contribution in [0.15, 0.2) is 164 Å². The summed E-state index contributed by atoms with van der Waals surface area (Å²) in [5.41, 5.74) is 20.6. The van der Waals surface area contributed by atoms with E-state index in [1.54, 1.807) is 0 Å². The Kier molecular flexibility index (Phi) is 14.8. The van der Waals surface area contributed by atoms with Gasteiger partial charge in [0.1, 0.15) is 0 Å². The first-order valence-electron chi connectivity index (χ1n) is 25.7. The van der Waals surface area contributed by atoms with Crippen molar-refractivity contribution in [3.63, 3.8) is 0 Å². The molecule has 8 rings (SSSR count). The van der Waals surface area contributed by atoms with Crippen LogP contribution in [-0.2, 0) is 6.54 Å². The molecule has 3 nitrogen and oxygen atoms in total. The lowest BCUT2D eigenvalue weighted by molar-refractivity contribution is 0.838. The Hall–Kier alpha value is -6.15. The fraction of sp³-hybridized carbons (Fsp3) is 0.292. The molecule has 8 aromatic rings. The van der Waals surface area contributed by atoms with Crippen molar-refractivity contribution in [2.24, 2.45) is 0 Å². The fourth-order valence-electron chi connectivity index (χ4n) is 9.96. The molecule has 0 radical (unpaired) electrons. The van der Waals surface area contributed by atoms with Crippen LogP contribution in [-0.4, -0.2) is 26.1 Å². The van der Waals surface area contributed by atoms with Crippen LogP contribution in [0.25, 0.3) is 55.9 Å². The van der Waals surface area contributed by atoms with Crippen molar-refractivity contribution in [3.05, 3.63) is 192 Å². The Labute approximate surface area is 423 Å². The summed E-state index contributed by atoms with van der Waals surface area (Å²) in [6, 6.07) is 57.4. The third-order valence-corrected chi connectivity index (χ3v) is 18.1. The summed E-state index contributed by atoms with van der Waals surface area (Å²) >= 11 is 0. The highest BCUT2D eigenvalue weighted by Gasteiger charge is 2.25. The van der Waals surface area contributed by atoms with Gasteiger partial charge in [-0.25, -0.2) is 0 Å². The lowest BCUT2D eigenvalue weighted by atomic mass is 9.84. The number of hydrogen-bond donors (Lipinski definition) is 0. The molecule has 70 heavy (non-hydrogen) atoms. The van der Waals surface area contributed by atoms with Crippen LogP contribution in [0.4, 0.5) is 11.4 Å². The van der Waals surface area contributed by atoms with E-state index in [1.807, 2.05) is 0 Å². The highest BCUT2D eigenvalue weighted by Crippen LogP contribution is 2.45. The van der Waals surface area contributed by atoms with Gasteiger partial charge in [0.2, 0.25) is 0 Å². The molecule has 0 aliphatic rings. The van der Waals surface area contributed by atoms with Crippen LogP contribution in [0.1, 0.15) is 107 Å². The highest BCUT2D eigenvalue weighted by atomic mass is 28.3. The maximum Gasteiger partial charge on any atom is 0.0796 e. The largest absolute Gasteiger partial charge is 0.337 e. The molecule has 0 unspecified atom stereocenters. The van der Waals surface area contributed by atoms with E-state index in [1.165, 1.54) is 71.6 Å². The molecule has 6 aromatic carbocycles. The highest BCUT2D eigenvalue weighted by molar-refractivity contribution is 6.89. The van der Waals surface area contributed by atoms with Crippen LogP contribution in [0.3, 0.4) is 0 Å². The van der Waals surface area contributed by atoms with E-state index in [-0.39, 0.29) is 0 Å². The molecule has 0 aliphatic heterocycles. The first kappa shape index (κ1) is 50.2. The number of aromatic nitrogens is 2. The Balaban J connectivity index is 1.48. The van der Waals surface area contributed by atoms with Crippen LogP contribution in [0.5, 0.6) is 0 Å². The van der Waals surface area contributed by atoms with Crippen LogP contribution in [0, 0.1) is 0 Å². The lowest BCUT2D eigenvalue weighted by Gasteiger charge is -2.30. The number of hydrogen-bond acceptors (Lipinski definition) is 3. The van der Waals surface area contributed by atoms with E-state index >= 15 is 0 Å². The van der Waals surface area contributed by atoms with E-state index < -0.39 is 16.1 Å². The molecule has 0 saturated heterocycles. The molecule has 0 spiro atoms. The molecule has 0 amide bonds. The predicted octanol–water partition coefficient (Wildman–Crippen LogP) is 17.7. The zero-order chi connectivity index (χ0) is 50.1. The van der Waals surface area contributed by atoms with E-state index in [2.05, 4.69) is 264 Å². The van der Waals surface area contributed by atoms with Gasteiger partial charge in [0, 0.05) is 41.4 Å². The summed E-state index contributed by atoms with van der Waals surface area (Å²) in [7, 11) is -3.17. The number of nitrogens with zero attached hydrogens (tertiary/aromatic N) is 3. The molecule has 0 bridgehead atoms. The van der Waals surface area contributed by atoms with Gasteiger partial charge < -0.3 is 4.90 Å². The molecular weight excluding hydrogens is 879 g/mol. The van der Waals surface area contributed by atoms with Gasteiger partial charge in [-0.3, -0.25) is 9.97 Å². The minimum atomic E-state index is -1.59. The molecule has 358 valence electrons. The first-order valence-corrected chi connectivity index (χ1v) is 32.7. The van der Waals surface area contributed by atoms with Crippen molar-refractivity contribution in [2.75, 3.05) is 4.90 Å². The zero-order valence-electron chi connectivity index (χ0n) is 44.4. The smallest absolute Gasteiger partial charge is 0.0796 e. The Bertz CT molecular complexity index is 2860. The molecule has 0 fully saturated rings. The minimum Gasteiger partial charge on any atom is -0.337 e. The standard InChI is InChI=1S/C65H75N3Si2/c1-43(2)57-26-20-27-58(44(3)4)64(57)51-34-49(62-32-30-55(40-66-62)69(9,10)11)36-53(38-51)68(42-48-24-18-19-25-61(48)47-22-16-15-17-23-47)54-37-50(63-33-31-56(41-67-63)70(12,13)14)35-52(39-54)65-59(45(5)6)28-21-29-60(65)46(7)8/h15-41,43-46H,42H2,1-14H3. The summed E-state index contributed by atoms with van der Waals surface area (Å²) in [6.45, 7) is 33.6. The normalized spacial score (nSPS) is 12.1. The minimum absolute atomic E-state index is 0.332. The Morgan fingerprint density at radius 1 is 0.386 bits per heavy atom. The summed E-state index contributed by atoms with van der Waals surface area (Å²) < 4.78 is 0. The second-order valence-electron chi connectivity index (χ2n) is 22.8. The Morgan fingerprint density at radius 2 is 0.771 bits per heavy atom. The Morgan fingerprint density at radius 3 is 1.14 bits per heavy atom. The average molecular weight is 955 g/mol. The molecule has 2 heterocycles. The number of benzene rings is 6. The molecule has 2 aromatic heterocycles. The molecular formula is C65H75N3Si2. The van der Waals surface area contributed by atoms with Gasteiger partial charge in [0.15, 0.2) is 0 Å². The van der Waals surface area contributed by atoms with E-state index in [4.69, 9.17) is 9.97 Å². The second-order valence-corrected chi connectivity index (χ2v) is 32.9. The van der Waals surface area contributed by atoms with Crippen molar-refractivity contribution in [1.29, 1.82) is 0 Å². The SMILES string of the molecule is CC(C)c1cccc(C(C)C)c1-c1cc(-c2ccc([Si](C)(C)C)cn2)cc(N(Cc2ccccc2-c2ccccc2)c2cc(-c3ccc([Si](C)(C)C)cn3)cc(-c3c(C(C)C)cccc3C(C)C)c2)c1. The van der Waals surface area contributed by atoms with Crippen LogP contribution < -0.4 is 15.3 Å². The number of pyridine rings is 2. The summed E-state index contributed by atoms with van der Waals surface area (Å²) in [4.78, 5) is 13.1. The maximum absolute atomic E-state index is 5.27. The zero-order valence-corrected chi connectivity index (χ0v) is 46.4. The summed E-state index contributed by atoms with van der Waals surface area (Å²) in [5, 5.41) is 2.72. The van der Waals surface area contributed by atoms with Gasteiger partial charge in [-0.15, -0.1) is 0 Å².